The van der Waals surface area contributed by atoms with E-state index in [0.717, 1.165) is 82.7 Å². The third-order valence-electron chi connectivity index (χ3n) is 8.17. The molecule has 0 atom stereocenters. The normalized spacial score (nSPS) is 11.8. The van der Waals surface area contributed by atoms with Crippen molar-refractivity contribution in [1.29, 1.82) is 0 Å². The Balaban J connectivity index is 1.11. The Labute approximate surface area is 240 Å². The molecule has 0 radical (unpaired) electrons. The number of hydrogen-bond acceptors (Lipinski definition) is 4. The molecule has 0 N–H and O–H groups in total. The van der Waals surface area contributed by atoms with Gasteiger partial charge in [0.25, 0.3) is 0 Å². The fourth-order valence-electron chi connectivity index (χ4n) is 6.11. The number of benzene rings is 6. The fourth-order valence-corrected chi connectivity index (χ4v) is 6.11. The van der Waals surface area contributed by atoms with E-state index in [4.69, 9.17) is 13.8 Å². The van der Waals surface area contributed by atoms with E-state index in [1.807, 2.05) is 30.3 Å². The van der Waals surface area contributed by atoms with Gasteiger partial charge in [0.1, 0.15) is 22.3 Å². The van der Waals surface area contributed by atoms with Gasteiger partial charge in [-0.15, -0.1) is 0 Å². The maximum absolute atomic E-state index is 6.27. The summed E-state index contributed by atoms with van der Waals surface area (Å²) in [5.41, 5.74) is 10.2. The van der Waals surface area contributed by atoms with Gasteiger partial charge in [0.15, 0.2) is 0 Å². The average molecular weight is 539 g/mol. The van der Waals surface area contributed by atoms with Gasteiger partial charge in [-0.05, 0) is 45.7 Å². The number of aromatic nitrogens is 2. The number of furan rings is 2. The fraction of sp³-hybridized carbons (Fsp3) is 0. The molecule has 0 amide bonds. The summed E-state index contributed by atoms with van der Waals surface area (Å²) in [6.45, 7) is 0. The molecule has 3 heterocycles. The van der Waals surface area contributed by atoms with E-state index < -0.39 is 0 Å². The zero-order valence-electron chi connectivity index (χ0n) is 22.4. The molecule has 0 aliphatic heterocycles. The molecule has 42 heavy (non-hydrogen) atoms. The van der Waals surface area contributed by atoms with Crippen LogP contribution >= 0.6 is 0 Å². The van der Waals surface area contributed by atoms with E-state index in [2.05, 4.69) is 102 Å². The van der Waals surface area contributed by atoms with Gasteiger partial charge in [-0.3, -0.25) is 0 Å². The lowest BCUT2D eigenvalue weighted by atomic mass is 9.97. The smallest absolute Gasteiger partial charge is 0.246 e. The lowest BCUT2D eigenvalue weighted by Crippen LogP contribution is -1.88. The van der Waals surface area contributed by atoms with Gasteiger partial charge in [-0.1, -0.05) is 109 Å². The van der Waals surface area contributed by atoms with Crippen LogP contribution < -0.4 is 0 Å². The third-order valence-corrected chi connectivity index (χ3v) is 8.17. The van der Waals surface area contributed by atoms with E-state index in [0.29, 0.717) is 5.71 Å². The summed E-state index contributed by atoms with van der Waals surface area (Å²) in [7, 11) is 0. The predicted molar refractivity (Wildman–Crippen MR) is 170 cm³/mol. The standard InChI is InChI=1S/C38H22N2O2/c1-2-10-28-24(7-1)19-20-34-35(28)36-38(42-34)39-22-32(40-36)27-9-5-8-26(21-27)23-15-17-25(18-16-23)29-12-6-13-31-30-11-3-4-14-33(30)41-37(29)31/h1-22H. The monoisotopic (exact) mass is 538 g/mol. The molecule has 9 rings (SSSR count). The highest BCUT2D eigenvalue weighted by Gasteiger charge is 2.15. The summed E-state index contributed by atoms with van der Waals surface area (Å²) in [5, 5.41) is 5.55. The van der Waals surface area contributed by atoms with Crippen molar-refractivity contribution in [2.24, 2.45) is 0 Å². The van der Waals surface area contributed by atoms with E-state index in [1.165, 1.54) is 0 Å². The molecule has 4 nitrogen and oxygen atoms in total. The average Bonchev–Trinajstić information content (AvgIpc) is 3.63. The van der Waals surface area contributed by atoms with Crippen molar-refractivity contribution in [3.63, 3.8) is 0 Å². The maximum Gasteiger partial charge on any atom is 0.246 e. The van der Waals surface area contributed by atoms with Gasteiger partial charge in [0.2, 0.25) is 5.71 Å². The number of para-hydroxylation sites is 2. The van der Waals surface area contributed by atoms with Gasteiger partial charge in [0, 0.05) is 21.9 Å². The number of hydrogen-bond donors (Lipinski definition) is 0. The van der Waals surface area contributed by atoms with Crippen molar-refractivity contribution in [2.45, 2.75) is 0 Å². The van der Waals surface area contributed by atoms with Crippen LogP contribution in [0.3, 0.4) is 0 Å². The highest BCUT2D eigenvalue weighted by atomic mass is 16.3. The summed E-state index contributed by atoms with van der Waals surface area (Å²) >= 11 is 0. The van der Waals surface area contributed by atoms with Crippen LogP contribution in [0.2, 0.25) is 0 Å². The Morgan fingerprint density at radius 3 is 2.19 bits per heavy atom. The zero-order valence-corrected chi connectivity index (χ0v) is 22.4. The summed E-state index contributed by atoms with van der Waals surface area (Å²) in [5.74, 6) is 0. The van der Waals surface area contributed by atoms with Gasteiger partial charge in [-0.2, -0.15) is 0 Å². The van der Waals surface area contributed by atoms with Gasteiger partial charge in [0.05, 0.1) is 17.3 Å². The molecule has 0 aliphatic carbocycles. The molecule has 0 aliphatic rings. The molecule has 0 unspecified atom stereocenters. The molecule has 196 valence electrons. The van der Waals surface area contributed by atoms with Crippen molar-refractivity contribution < 1.29 is 8.83 Å². The second kappa shape index (κ2) is 8.88. The second-order valence-electron chi connectivity index (χ2n) is 10.6. The van der Waals surface area contributed by atoms with Gasteiger partial charge in [-0.25, -0.2) is 9.97 Å². The quantitative estimate of drug-likeness (QED) is 0.224. The van der Waals surface area contributed by atoms with Crippen molar-refractivity contribution in [1.82, 2.24) is 9.97 Å². The number of nitrogens with zero attached hydrogens (tertiary/aromatic N) is 2. The molecule has 0 saturated carbocycles. The first-order valence-electron chi connectivity index (χ1n) is 14.0. The van der Waals surface area contributed by atoms with E-state index in [1.54, 1.807) is 6.20 Å². The van der Waals surface area contributed by atoms with Crippen LogP contribution in [0.4, 0.5) is 0 Å². The van der Waals surface area contributed by atoms with Crippen LogP contribution in [0, 0.1) is 0 Å². The van der Waals surface area contributed by atoms with Crippen LogP contribution in [0.1, 0.15) is 0 Å². The van der Waals surface area contributed by atoms with Crippen molar-refractivity contribution in [2.75, 3.05) is 0 Å². The summed E-state index contributed by atoms with van der Waals surface area (Å²) < 4.78 is 12.3. The molecular weight excluding hydrogens is 516 g/mol. The highest BCUT2D eigenvalue weighted by Crippen LogP contribution is 2.37. The minimum Gasteiger partial charge on any atom is -0.455 e. The first-order valence-corrected chi connectivity index (χ1v) is 14.0. The SMILES string of the molecule is c1cc(-c2ccc(-c3cccc4c3oc3ccccc34)cc2)cc(-c2cnc3oc4ccc5ccccc5c4c3n2)c1. The van der Waals surface area contributed by atoms with Crippen molar-refractivity contribution in [3.05, 3.63) is 134 Å². The molecule has 3 aromatic heterocycles. The molecule has 6 aromatic carbocycles. The zero-order chi connectivity index (χ0) is 27.6. The highest BCUT2D eigenvalue weighted by molar-refractivity contribution is 6.17. The predicted octanol–water partition coefficient (Wildman–Crippen LogP) is 10.4. The molecule has 4 heteroatoms. The Bertz CT molecular complexity index is 2470. The molecule has 9 aromatic rings. The third kappa shape index (κ3) is 3.49. The first kappa shape index (κ1) is 23.0. The van der Waals surface area contributed by atoms with E-state index in [9.17, 15) is 0 Å². The Kier molecular flexibility index (Phi) is 4.87. The molecule has 0 bridgehead atoms. The van der Waals surface area contributed by atoms with Crippen LogP contribution in [-0.2, 0) is 0 Å². The molecule has 0 saturated heterocycles. The first-order chi connectivity index (χ1) is 20.8. The summed E-state index contributed by atoms with van der Waals surface area (Å²) in [6.07, 6.45) is 1.79. The largest absolute Gasteiger partial charge is 0.455 e. The van der Waals surface area contributed by atoms with Gasteiger partial charge >= 0.3 is 0 Å². The van der Waals surface area contributed by atoms with Crippen LogP contribution in [0.25, 0.3) is 88.4 Å². The summed E-state index contributed by atoms with van der Waals surface area (Å²) in [4.78, 5) is 9.70. The Morgan fingerprint density at radius 1 is 0.500 bits per heavy atom. The van der Waals surface area contributed by atoms with E-state index in [-0.39, 0.29) is 0 Å². The van der Waals surface area contributed by atoms with Gasteiger partial charge < -0.3 is 8.83 Å². The molecule has 0 spiro atoms. The van der Waals surface area contributed by atoms with Crippen molar-refractivity contribution in [3.8, 4) is 33.5 Å². The topological polar surface area (TPSA) is 52.1 Å². The number of fused-ring (bicyclic) bond motifs is 8. The molecular formula is C38H22N2O2. The van der Waals surface area contributed by atoms with Crippen LogP contribution in [-0.4, -0.2) is 9.97 Å². The Morgan fingerprint density at radius 2 is 1.26 bits per heavy atom. The minimum absolute atomic E-state index is 0.552. The molecule has 0 fully saturated rings. The van der Waals surface area contributed by atoms with Crippen LogP contribution in [0.5, 0.6) is 0 Å². The van der Waals surface area contributed by atoms with E-state index >= 15 is 0 Å². The van der Waals surface area contributed by atoms with Crippen molar-refractivity contribution >= 4 is 54.9 Å². The lowest BCUT2D eigenvalue weighted by molar-refractivity contribution is 0.653. The summed E-state index contributed by atoms with van der Waals surface area (Å²) in [6, 6.07) is 44.0. The van der Waals surface area contributed by atoms with Crippen LogP contribution in [0.15, 0.2) is 142 Å². The minimum atomic E-state index is 0.552. The number of rotatable bonds is 3. The lowest BCUT2D eigenvalue weighted by Gasteiger charge is -2.08. The second-order valence-corrected chi connectivity index (χ2v) is 10.6. The Hall–Kier alpha value is -5.74. The maximum atomic E-state index is 6.27.